The predicted molar refractivity (Wildman–Crippen MR) is 130 cm³/mol. The summed E-state index contributed by atoms with van der Waals surface area (Å²) in [5.74, 6) is -1.61. The van der Waals surface area contributed by atoms with Crippen molar-refractivity contribution < 1.29 is 23.5 Å². The number of halogens is 1. The molecule has 0 saturated heterocycles. The van der Waals surface area contributed by atoms with Gasteiger partial charge in [0, 0.05) is 5.56 Å². The van der Waals surface area contributed by atoms with Gasteiger partial charge >= 0.3 is 0 Å². The molecule has 3 aromatic rings. The molecule has 1 heterocycles. The highest BCUT2D eigenvalue weighted by Gasteiger charge is 2.33. The highest BCUT2D eigenvalue weighted by atomic mass is 19.1. The number of carbonyl (C=O) groups excluding carboxylic acids is 3. The van der Waals surface area contributed by atoms with Crippen LogP contribution in [0.1, 0.15) is 31.7 Å². The fourth-order valence-electron chi connectivity index (χ4n) is 3.96. The van der Waals surface area contributed by atoms with Gasteiger partial charge in [-0.3, -0.25) is 19.8 Å². The highest BCUT2D eigenvalue weighted by Crippen LogP contribution is 2.39. The second kappa shape index (κ2) is 10.4. The van der Waals surface area contributed by atoms with Crippen LogP contribution in [0.3, 0.4) is 0 Å². The molecule has 35 heavy (non-hydrogen) atoms. The Balaban J connectivity index is 1.40. The van der Waals surface area contributed by atoms with Gasteiger partial charge in [0.15, 0.2) is 0 Å². The van der Waals surface area contributed by atoms with Crippen molar-refractivity contribution in [2.75, 3.05) is 11.6 Å². The molecule has 0 radical (unpaired) electrons. The number of hydrogen-bond acceptors (Lipinski definition) is 4. The lowest BCUT2D eigenvalue weighted by Crippen LogP contribution is -2.54. The van der Waals surface area contributed by atoms with Crippen molar-refractivity contribution in [3.8, 4) is 16.9 Å². The molecule has 0 aromatic heterocycles. The normalized spacial score (nSPS) is 15.3. The van der Waals surface area contributed by atoms with Crippen LogP contribution in [0.4, 0.5) is 10.1 Å². The molecule has 8 heteroatoms. The molecule has 3 amide bonds. The summed E-state index contributed by atoms with van der Waals surface area (Å²) in [5.41, 5.74) is 5.89. The van der Waals surface area contributed by atoms with Crippen LogP contribution in [0, 0.1) is 5.82 Å². The van der Waals surface area contributed by atoms with E-state index in [1.54, 1.807) is 26.0 Å². The number of hydrogen-bond donors (Lipinski definition) is 2. The Morgan fingerprint density at radius 1 is 1.00 bits per heavy atom. The summed E-state index contributed by atoms with van der Waals surface area (Å²) >= 11 is 0. The van der Waals surface area contributed by atoms with Gasteiger partial charge in [-0.2, -0.15) is 0 Å². The van der Waals surface area contributed by atoms with Crippen LogP contribution < -0.4 is 20.5 Å². The number of benzene rings is 3. The first-order valence-electron chi connectivity index (χ1n) is 11.4. The number of amides is 3. The first-order chi connectivity index (χ1) is 16.8. The third kappa shape index (κ3) is 5.32. The minimum absolute atomic E-state index is 0.00676. The van der Waals surface area contributed by atoms with Crippen LogP contribution >= 0.6 is 0 Å². The quantitative estimate of drug-likeness (QED) is 0.542. The average molecular weight is 476 g/mol. The van der Waals surface area contributed by atoms with Crippen LogP contribution in [0.15, 0.2) is 72.8 Å². The number of hydrazine groups is 1. The summed E-state index contributed by atoms with van der Waals surface area (Å²) in [7, 11) is 0. The molecule has 0 saturated carbocycles. The minimum Gasteiger partial charge on any atom is -0.493 e. The fraction of sp³-hybridized carbons (Fsp3) is 0.222. The van der Waals surface area contributed by atoms with Crippen LogP contribution in [-0.2, 0) is 14.4 Å². The van der Waals surface area contributed by atoms with Crippen LogP contribution in [0.2, 0.25) is 0 Å². The SMILES string of the molecule is CC1C(=O)N(NC(=O)[C@H](C)NC(=O)CCOc2ccc(F)cc2)c2ccccc2-c2ccccc21. The molecule has 1 unspecified atom stereocenters. The van der Waals surface area contributed by atoms with Crippen molar-refractivity contribution in [2.24, 2.45) is 0 Å². The van der Waals surface area contributed by atoms with Gasteiger partial charge in [-0.1, -0.05) is 42.5 Å². The molecular formula is C27H26FN3O4. The van der Waals surface area contributed by atoms with E-state index in [9.17, 15) is 18.8 Å². The smallest absolute Gasteiger partial charge is 0.261 e. The number of carbonyl (C=O) groups is 3. The van der Waals surface area contributed by atoms with E-state index in [1.165, 1.54) is 29.3 Å². The molecular weight excluding hydrogens is 449 g/mol. The maximum absolute atomic E-state index is 13.3. The van der Waals surface area contributed by atoms with Crippen molar-refractivity contribution in [1.82, 2.24) is 10.7 Å². The van der Waals surface area contributed by atoms with E-state index in [0.29, 0.717) is 11.4 Å². The van der Waals surface area contributed by atoms with Gasteiger partial charge in [0.2, 0.25) is 5.91 Å². The molecule has 3 aromatic carbocycles. The Morgan fingerprint density at radius 2 is 1.66 bits per heavy atom. The van der Waals surface area contributed by atoms with Crippen molar-refractivity contribution in [3.05, 3.63) is 84.2 Å². The Morgan fingerprint density at radius 3 is 2.40 bits per heavy atom. The molecule has 0 aliphatic carbocycles. The molecule has 1 aliphatic heterocycles. The maximum Gasteiger partial charge on any atom is 0.261 e. The monoisotopic (exact) mass is 475 g/mol. The topological polar surface area (TPSA) is 87.7 Å². The third-order valence-corrected chi connectivity index (χ3v) is 5.86. The minimum atomic E-state index is -0.894. The van der Waals surface area contributed by atoms with Gasteiger partial charge in [-0.05, 0) is 55.3 Å². The van der Waals surface area contributed by atoms with E-state index in [1.807, 2.05) is 36.4 Å². The highest BCUT2D eigenvalue weighted by molar-refractivity contribution is 6.06. The molecule has 7 nitrogen and oxygen atoms in total. The Bertz CT molecular complexity index is 1250. The number of anilines is 1. The summed E-state index contributed by atoms with van der Waals surface area (Å²) in [5, 5.41) is 3.88. The van der Waals surface area contributed by atoms with Crippen molar-refractivity contribution in [1.29, 1.82) is 0 Å². The lowest BCUT2D eigenvalue weighted by atomic mass is 9.92. The first-order valence-corrected chi connectivity index (χ1v) is 11.4. The van der Waals surface area contributed by atoms with E-state index >= 15 is 0 Å². The van der Waals surface area contributed by atoms with Crippen molar-refractivity contribution >= 4 is 23.4 Å². The lowest BCUT2D eigenvalue weighted by molar-refractivity contribution is -0.130. The van der Waals surface area contributed by atoms with Gasteiger partial charge in [0.05, 0.1) is 24.6 Å². The molecule has 0 spiro atoms. The van der Waals surface area contributed by atoms with Gasteiger partial charge in [0.1, 0.15) is 17.6 Å². The summed E-state index contributed by atoms with van der Waals surface area (Å²) < 4.78 is 18.4. The van der Waals surface area contributed by atoms with Gasteiger partial charge in [-0.25, -0.2) is 9.40 Å². The Hall–Kier alpha value is -4.20. The van der Waals surface area contributed by atoms with Gasteiger partial charge in [0.25, 0.3) is 11.8 Å². The fourth-order valence-corrected chi connectivity index (χ4v) is 3.96. The summed E-state index contributed by atoms with van der Waals surface area (Å²) in [6, 6.07) is 19.6. The predicted octanol–water partition coefficient (Wildman–Crippen LogP) is 3.95. The first kappa shape index (κ1) is 23.9. The number of ether oxygens (including phenoxy) is 1. The summed E-state index contributed by atoms with van der Waals surface area (Å²) in [4.78, 5) is 38.6. The number of nitrogens with one attached hydrogen (secondary N) is 2. The average Bonchev–Trinajstić information content (AvgIpc) is 2.95. The Labute approximate surface area is 202 Å². The molecule has 4 rings (SSSR count). The second-order valence-corrected chi connectivity index (χ2v) is 8.32. The van der Waals surface area contributed by atoms with Crippen LogP contribution in [0.25, 0.3) is 11.1 Å². The summed E-state index contributed by atoms with van der Waals surface area (Å²) in [6.07, 6.45) is 0.00676. The van der Waals surface area contributed by atoms with Crippen molar-refractivity contribution in [3.63, 3.8) is 0 Å². The number of rotatable bonds is 7. The second-order valence-electron chi connectivity index (χ2n) is 8.32. The molecule has 180 valence electrons. The van der Waals surface area contributed by atoms with E-state index < -0.39 is 23.8 Å². The molecule has 2 N–H and O–H groups in total. The maximum atomic E-state index is 13.3. The Kier molecular flexibility index (Phi) is 7.10. The number of fused-ring (bicyclic) bond motifs is 3. The largest absolute Gasteiger partial charge is 0.493 e. The van der Waals surface area contributed by atoms with E-state index in [4.69, 9.17) is 4.74 Å². The molecule has 0 fully saturated rings. The van der Waals surface area contributed by atoms with Gasteiger partial charge in [-0.15, -0.1) is 0 Å². The zero-order chi connectivity index (χ0) is 24.9. The zero-order valence-corrected chi connectivity index (χ0v) is 19.5. The standard InChI is InChI=1S/C27H26FN3O4/c1-17-21-7-3-4-8-22(21)23-9-5-6-10-24(23)31(27(17)34)30-26(33)18(2)29-25(32)15-16-35-20-13-11-19(28)12-14-20/h3-14,17-18H,15-16H2,1-2H3,(H,29,32)(H,30,33)/t17?,18-/m0/s1. The number of nitrogens with zero attached hydrogens (tertiary/aromatic N) is 1. The van der Waals surface area contributed by atoms with E-state index in [0.717, 1.165) is 16.7 Å². The lowest BCUT2D eigenvalue weighted by Gasteiger charge is -2.27. The zero-order valence-electron chi connectivity index (χ0n) is 19.5. The van der Waals surface area contributed by atoms with Gasteiger partial charge < -0.3 is 10.1 Å². The van der Waals surface area contributed by atoms with Crippen LogP contribution in [0.5, 0.6) is 5.75 Å². The van der Waals surface area contributed by atoms with E-state index in [2.05, 4.69) is 10.7 Å². The summed E-state index contributed by atoms with van der Waals surface area (Å²) in [6.45, 7) is 3.42. The molecule has 0 bridgehead atoms. The molecule has 2 atom stereocenters. The molecule has 1 aliphatic rings. The van der Waals surface area contributed by atoms with Crippen LogP contribution in [-0.4, -0.2) is 30.4 Å². The third-order valence-electron chi connectivity index (χ3n) is 5.86. The van der Waals surface area contributed by atoms with E-state index in [-0.39, 0.29) is 24.8 Å². The van der Waals surface area contributed by atoms with Crippen molar-refractivity contribution in [2.45, 2.75) is 32.2 Å². The number of para-hydroxylation sites is 1.